The molecule has 3 aromatic rings. The number of hydrogen-bond acceptors (Lipinski definition) is 6. The molecule has 3 amide bonds. The van der Waals surface area contributed by atoms with Crippen LogP contribution < -0.4 is 15.4 Å². The highest BCUT2D eigenvalue weighted by Crippen LogP contribution is 2.31. The molecule has 0 saturated carbocycles. The molecule has 0 spiro atoms. The molecular weight excluding hydrogens is 414 g/mol. The average Bonchev–Trinajstić information content (AvgIpc) is 3.17. The highest BCUT2D eigenvalue weighted by atomic mass is 32.2. The molecule has 1 unspecified atom stereocenters. The van der Waals surface area contributed by atoms with E-state index in [4.69, 9.17) is 4.74 Å². The van der Waals surface area contributed by atoms with E-state index >= 15 is 0 Å². The Morgan fingerprint density at radius 3 is 2.55 bits per heavy atom. The molecule has 0 aliphatic carbocycles. The van der Waals surface area contributed by atoms with Crippen molar-refractivity contribution >= 4 is 23.7 Å². The lowest BCUT2D eigenvalue weighted by atomic mass is 10.1. The van der Waals surface area contributed by atoms with Crippen LogP contribution in [-0.2, 0) is 4.79 Å². The lowest BCUT2D eigenvalue weighted by molar-refractivity contribution is -0.119. The van der Waals surface area contributed by atoms with E-state index in [1.54, 1.807) is 6.92 Å². The van der Waals surface area contributed by atoms with E-state index in [0.29, 0.717) is 17.6 Å². The number of rotatable bonds is 7. The third-order valence-electron chi connectivity index (χ3n) is 4.43. The van der Waals surface area contributed by atoms with E-state index in [1.165, 1.54) is 18.8 Å². The zero-order valence-corrected chi connectivity index (χ0v) is 18.7. The average molecular weight is 440 g/mol. The predicted octanol–water partition coefficient (Wildman–Crippen LogP) is 3.58. The van der Waals surface area contributed by atoms with Crippen LogP contribution in [0.3, 0.4) is 0 Å². The van der Waals surface area contributed by atoms with Crippen LogP contribution in [0.1, 0.15) is 19.4 Å². The van der Waals surface area contributed by atoms with Crippen molar-refractivity contribution < 1.29 is 14.3 Å². The molecule has 0 radical (unpaired) electrons. The molecule has 1 aromatic heterocycles. The Balaban J connectivity index is 1.99. The van der Waals surface area contributed by atoms with Gasteiger partial charge in [-0.2, -0.15) is 0 Å². The second-order valence-corrected chi connectivity index (χ2v) is 8.07. The van der Waals surface area contributed by atoms with E-state index in [9.17, 15) is 9.59 Å². The van der Waals surface area contributed by atoms with Gasteiger partial charge in [-0.1, -0.05) is 35.5 Å². The molecule has 2 N–H and O–H groups in total. The zero-order valence-electron chi connectivity index (χ0n) is 17.9. The molecule has 1 heterocycles. The summed E-state index contributed by atoms with van der Waals surface area (Å²) in [5.74, 6) is 1.01. The first-order chi connectivity index (χ1) is 14.9. The van der Waals surface area contributed by atoms with Gasteiger partial charge in [-0.05, 0) is 51.1 Å². The molecule has 31 heavy (non-hydrogen) atoms. The Bertz CT molecular complexity index is 1070. The van der Waals surface area contributed by atoms with Gasteiger partial charge in [0.05, 0.1) is 11.9 Å². The highest BCUT2D eigenvalue weighted by Gasteiger charge is 2.23. The Hall–Kier alpha value is -3.33. The molecule has 162 valence electrons. The quantitative estimate of drug-likeness (QED) is 0.546. The SMILES string of the molecule is CCOc1ccc(-n2c(SC(C)C(=O)NC(=O)NC)nnc2-c2cccc(C)c2)cc1. The minimum Gasteiger partial charge on any atom is -0.494 e. The summed E-state index contributed by atoms with van der Waals surface area (Å²) in [6, 6.07) is 15.1. The van der Waals surface area contributed by atoms with E-state index in [1.807, 2.05) is 66.9 Å². The number of carbonyl (C=O) groups is 2. The van der Waals surface area contributed by atoms with Crippen LogP contribution in [0, 0.1) is 6.92 Å². The molecule has 0 fully saturated rings. The lowest BCUT2D eigenvalue weighted by Crippen LogP contribution is -2.41. The molecular formula is C22H25N5O3S. The molecule has 2 aromatic carbocycles. The first-order valence-electron chi connectivity index (χ1n) is 9.87. The van der Waals surface area contributed by atoms with Crippen LogP contribution in [0.2, 0.25) is 0 Å². The van der Waals surface area contributed by atoms with Crippen LogP contribution in [0.15, 0.2) is 53.7 Å². The summed E-state index contributed by atoms with van der Waals surface area (Å²) in [4.78, 5) is 23.8. The van der Waals surface area contributed by atoms with Crippen LogP contribution in [0.25, 0.3) is 17.1 Å². The number of aromatic nitrogens is 3. The number of aryl methyl sites for hydroxylation is 1. The van der Waals surface area contributed by atoms with E-state index in [2.05, 4.69) is 20.8 Å². The molecule has 1 atom stereocenters. The van der Waals surface area contributed by atoms with Crippen LogP contribution in [0.5, 0.6) is 5.75 Å². The minimum atomic E-state index is -0.562. The summed E-state index contributed by atoms with van der Waals surface area (Å²) in [5.41, 5.74) is 2.85. The summed E-state index contributed by atoms with van der Waals surface area (Å²) in [6.07, 6.45) is 0. The molecule has 0 aliphatic rings. The number of amides is 3. The molecule has 0 aliphatic heterocycles. The van der Waals surface area contributed by atoms with Gasteiger partial charge in [-0.3, -0.25) is 14.7 Å². The maximum atomic E-state index is 12.3. The fourth-order valence-corrected chi connectivity index (χ4v) is 3.76. The number of imide groups is 1. The van der Waals surface area contributed by atoms with Crippen LogP contribution in [-0.4, -0.2) is 45.6 Å². The molecule has 8 nitrogen and oxygen atoms in total. The van der Waals surface area contributed by atoms with Gasteiger partial charge in [0.15, 0.2) is 11.0 Å². The second-order valence-electron chi connectivity index (χ2n) is 6.77. The van der Waals surface area contributed by atoms with Gasteiger partial charge in [-0.25, -0.2) is 4.79 Å². The summed E-state index contributed by atoms with van der Waals surface area (Å²) >= 11 is 1.23. The van der Waals surface area contributed by atoms with Crippen molar-refractivity contribution in [3.05, 3.63) is 54.1 Å². The van der Waals surface area contributed by atoms with Crippen molar-refractivity contribution in [2.24, 2.45) is 0 Å². The van der Waals surface area contributed by atoms with Crippen LogP contribution in [0.4, 0.5) is 4.79 Å². The molecule has 9 heteroatoms. The minimum absolute atomic E-state index is 0.414. The third-order valence-corrected chi connectivity index (χ3v) is 5.47. The van der Waals surface area contributed by atoms with Gasteiger partial charge in [0.25, 0.3) is 0 Å². The number of urea groups is 1. The summed E-state index contributed by atoms with van der Waals surface area (Å²) in [6.45, 7) is 6.25. The zero-order chi connectivity index (χ0) is 22.4. The number of thioether (sulfide) groups is 1. The van der Waals surface area contributed by atoms with Crippen molar-refractivity contribution in [2.75, 3.05) is 13.7 Å². The topological polar surface area (TPSA) is 98.1 Å². The van der Waals surface area contributed by atoms with Gasteiger partial charge in [-0.15, -0.1) is 10.2 Å². The number of nitrogens with zero attached hydrogens (tertiary/aromatic N) is 3. The standard InChI is InChI=1S/C22H25N5O3S/c1-5-30-18-11-9-17(10-12-18)27-19(16-8-6-7-14(2)13-16)25-26-22(27)31-15(3)20(28)24-21(29)23-4/h6-13,15H,5H2,1-4H3,(H2,23,24,28,29). The van der Waals surface area contributed by atoms with E-state index < -0.39 is 17.2 Å². The Labute approximate surface area is 185 Å². The van der Waals surface area contributed by atoms with Gasteiger partial charge in [0, 0.05) is 18.3 Å². The number of hydrogen-bond donors (Lipinski definition) is 2. The smallest absolute Gasteiger partial charge is 0.321 e. The number of carbonyl (C=O) groups excluding carboxylic acids is 2. The molecule has 3 rings (SSSR count). The number of nitrogens with one attached hydrogen (secondary N) is 2. The van der Waals surface area contributed by atoms with Gasteiger partial charge < -0.3 is 10.1 Å². The third kappa shape index (κ3) is 5.43. The van der Waals surface area contributed by atoms with Crippen molar-refractivity contribution in [1.82, 2.24) is 25.4 Å². The Kier molecular flexibility index (Phi) is 7.30. The second kappa shape index (κ2) is 10.1. The van der Waals surface area contributed by atoms with Gasteiger partial charge >= 0.3 is 6.03 Å². The maximum Gasteiger partial charge on any atom is 0.321 e. The van der Waals surface area contributed by atoms with E-state index in [0.717, 1.165) is 22.6 Å². The van der Waals surface area contributed by atoms with Crippen LogP contribution >= 0.6 is 11.8 Å². The van der Waals surface area contributed by atoms with Crippen molar-refractivity contribution in [1.29, 1.82) is 0 Å². The Morgan fingerprint density at radius 2 is 1.90 bits per heavy atom. The van der Waals surface area contributed by atoms with Crippen molar-refractivity contribution in [2.45, 2.75) is 31.2 Å². The molecule has 0 saturated heterocycles. The Morgan fingerprint density at radius 1 is 1.16 bits per heavy atom. The van der Waals surface area contributed by atoms with E-state index in [-0.39, 0.29) is 0 Å². The molecule has 0 bridgehead atoms. The predicted molar refractivity (Wildman–Crippen MR) is 121 cm³/mol. The van der Waals surface area contributed by atoms with Crippen molar-refractivity contribution in [3.8, 4) is 22.8 Å². The fraction of sp³-hybridized carbons (Fsp3) is 0.273. The normalized spacial score (nSPS) is 11.6. The fourth-order valence-electron chi connectivity index (χ4n) is 2.90. The maximum absolute atomic E-state index is 12.3. The first kappa shape index (κ1) is 22.4. The summed E-state index contributed by atoms with van der Waals surface area (Å²) in [5, 5.41) is 13.4. The summed E-state index contributed by atoms with van der Waals surface area (Å²) in [7, 11) is 1.46. The number of ether oxygens (including phenoxy) is 1. The lowest BCUT2D eigenvalue weighted by Gasteiger charge is -2.14. The van der Waals surface area contributed by atoms with Gasteiger partial charge in [0.1, 0.15) is 5.75 Å². The first-order valence-corrected chi connectivity index (χ1v) is 10.8. The highest BCUT2D eigenvalue weighted by molar-refractivity contribution is 8.00. The van der Waals surface area contributed by atoms with Crippen molar-refractivity contribution in [3.63, 3.8) is 0 Å². The summed E-state index contributed by atoms with van der Waals surface area (Å²) < 4.78 is 7.45. The monoisotopic (exact) mass is 439 g/mol. The number of benzene rings is 2. The van der Waals surface area contributed by atoms with Gasteiger partial charge in [0.2, 0.25) is 5.91 Å². The largest absolute Gasteiger partial charge is 0.494 e.